The van der Waals surface area contributed by atoms with E-state index in [1.54, 1.807) is 50.5 Å². The first-order valence-electron chi connectivity index (χ1n) is 9.62. The molecule has 9 heteroatoms. The summed E-state index contributed by atoms with van der Waals surface area (Å²) in [6, 6.07) is 7.16. The van der Waals surface area contributed by atoms with Crippen molar-refractivity contribution in [3.05, 3.63) is 64.7 Å². The number of ether oxygens (including phenoxy) is 3. The third-order valence-electron chi connectivity index (χ3n) is 4.59. The van der Waals surface area contributed by atoms with Crippen molar-refractivity contribution in [3.8, 4) is 11.8 Å². The van der Waals surface area contributed by atoms with Crippen LogP contribution in [0, 0.1) is 20.8 Å². The second-order valence-electron chi connectivity index (χ2n) is 6.82. The molecule has 0 aliphatic carbocycles. The standard InChI is InChI=1S/C22H24N4O5/c1-13-12-16(31-22-23-8-5-9-24-22)6-7-17(13)26-20(27)19-14(2)18(15(3)25-19)21(28)30-11-10-29-4/h5-9,12,25H,10-11H2,1-4H3,(H,26,27). The third-order valence-corrected chi connectivity index (χ3v) is 4.59. The van der Waals surface area contributed by atoms with Crippen molar-refractivity contribution in [1.29, 1.82) is 0 Å². The molecule has 1 amide bonds. The number of carbonyl (C=O) groups excluding carboxylic acids is 2. The zero-order chi connectivity index (χ0) is 22.4. The van der Waals surface area contributed by atoms with E-state index in [2.05, 4.69) is 20.3 Å². The Morgan fingerprint density at radius 3 is 2.52 bits per heavy atom. The Morgan fingerprint density at radius 2 is 1.84 bits per heavy atom. The van der Waals surface area contributed by atoms with Crippen LogP contribution in [0.4, 0.5) is 5.69 Å². The maximum absolute atomic E-state index is 12.8. The summed E-state index contributed by atoms with van der Waals surface area (Å²) in [6.45, 7) is 5.72. The van der Waals surface area contributed by atoms with Crippen molar-refractivity contribution in [3.63, 3.8) is 0 Å². The molecule has 2 N–H and O–H groups in total. The summed E-state index contributed by atoms with van der Waals surface area (Å²) in [5, 5.41) is 2.86. The lowest BCUT2D eigenvalue weighted by Crippen LogP contribution is -2.15. The molecule has 0 spiro atoms. The molecule has 0 aliphatic rings. The lowest BCUT2D eigenvalue weighted by atomic mass is 10.1. The Kier molecular flexibility index (Phi) is 6.99. The highest BCUT2D eigenvalue weighted by Gasteiger charge is 2.23. The predicted molar refractivity (Wildman–Crippen MR) is 114 cm³/mol. The zero-order valence-electron chi connectivity index (χ0n) is 17.8. The van der Waals surface area contributed by atoms with Crippen LogP contribution in [0.5, 0.6) is 11.8 Å². The van der Waals surface area contributed by atoms with Crippen LogP contribution in [0.3, 0.4) is 0 Å². The summed E-state index contributed by atoms with van der Waals surface area (Å²) >= 11 is 0. The minimum atomic E-state index is -0.497. The van der Waals surface area contributed by atoms with Crippen LogP contribution in [0.15, 0.2) is 36.7 Å². The number of nitrogens with one attached hydrogen (secondary N) is 2. The number of nitrogens with zero attached hydrogens (tertiary/aromatic N) is 2. The number of aromatic amines is 1. The van der Waals surface area contributed by atoms with Crippen LogP contribution in [0.2, 0.25) is 0 Å². The summed E-state index contributed by atoms with van der Waals surface area (Å²) in [5.74, 6) is -0.308. The normalized spacial score (nSPS) is 10.6. The SMILES string of the molecule is COCCOC(=O)c1c(C)[nH]c(C(=O)Nc2ccc(Oc3ncccn3)cc2C)c1C. The molecule has 3 rings (SSSR count). The Balaban J connectivity index is 1.73. The van der Waals surface area contributed by atoms with Crippen LogP contribution in [-0.4, -0.2) is 47.2 Å². The smallest absolute Gasteiger partial charge is 0.340 e. The molecule has 0 aliphatic heterocycles. The van der Waals surface area contributed by atoms with Gasteiger partial charge in [0, 0.05) is 30.9 Å². The predicted octanol–water partition coefficient (Wildman–Crippen LogP) is 3.58. The first kappa shape index (κ1) is 22.0. The molecule has 0 bridgehead atoms. The number of carbonyl (C=O) groups is 2. The molecule has 31 heavy (non-hydrogen) atoms. The summed E-state index contributed by atoms with van der Waals surface area (Å²) < 4.78 is 15.7. The molecule has 3 aromatic rings. The Labute approximate surface area is 179 Å². The van der Waals surface area contributed by atoms with Gasteiger partial charge in [0.2, 0.25) is 0 Å². The van der Waals surface area contributed by atoms with Gasteiger partial charge in [-0.15, -0.1) is 0 Å². The molecule has 2 heterocycles. The lowest BCUT2D eigenvalue weighted by molar-refractivity contribution is 0.0386. The van der Waals surface area contributed by atoms with Crippen molar-refractivity contribution >= 4 is 17.6 Å². The number of H-pyrrole nitrogens is 1. The van der Waals surface area contributed by atoms with Gasteiger partial charge in [0.25, 0.3) is 5.91 Å². The van der Waals surface area contributed by atoms with Crippen molar-refractivity contribution in [2.75, 3.05) is 25.6 Å². The highest BCUT2D eigenvalue weighted by Crippen LogP contribution is 2.26. The van der Waals surface area contributed by atoms with Crippen LogP contribution in [0.25, 0.3) is 0 Å². The number of aromatic nitrogens is 3. The van der Waals surface area contributed by atoms with Gasteiger partial charge in [0.05, 0.1) is 12.2 Å². The summed E-state index contributed by atoms with van der Waals surface area (Å²) in [7, 11) is 1.53. The number of rotatable bonds is 8. The summed E-state index contributed by atoms with van der Waals surface area (Å²) in [6.07, 6.45) is 3.18. The van der Waals surface area contributed by atoms with Crippen LogP contribution in [-0.2, 0) is 9.47 Å². The molecule has 1 aromatic carbocycles. The molecule has 0 fully saturated rings. The number of hydrogen-bond donors (Lipinski definition) is 2. The van der Waals surface area contributed by atoms with E-state index in [1.165, 1.54) is 7.11 Å². The maximum Gasteiger partial charge on any atom is 0.340 e. The van der Waals surface area contributed by atoms with Crippen molar-refractivity contribution in [2.24, 2.45) is 0 Å². The fourth-order valence-corrected chi connectivity index (χ4v) is 3.04. The number of aryl methyl sites for hydroxylation is 2. The summed E-state index contributed by atoms with van der Waals surface area (Å²) in [5.41, 5.74) is 3.15. The third kappa shape index (κ3) is 5.26. The number of amides is 1. The molecular formula is C22H24N4O5. The molecule has 0 radical (unpaired) electrons. The zero-order valence-corrected chi connectivity index (χ0v) is 17.8. The number of esters is 1. The van der Waals surface area contributed by atoms with Crippen molar-refractivity contribution in [1.82, 2.24) is 15.0 Å². The van der Waals surface area contributed by atoms with Gasteiger partial charge >= 0.3 is 12.0 Å². The lowest BCUT2D eigenvalue weighted by Gasteiger charge is -2.10. The van der Waals surface area contributed by atoms with E-state index in [4.69, 9.17) is 14.2 Å². The van der Waals surface area contributed by atoms with Gasteiger partial charge in [0.15, 0.2) is 0 Å². The van der Waals surface area contributed by atoms with Gasteiger partial charge in [-0.2, -0.15) is 0 Å². The van der Waals surface area contributed by atoms with Gasteiger partial charge in [-0.05, 0) is 56.2 Å². The van der Waals surface area contributed by atoms with Crippen LogP contribution in [0.1, 0.15) is 37.7 Å². The second-order valence-corrected chi connectivity index (χ2v) is 6.82. The summed E-state index contributed by atoms with van der Waals surface area (Å²) in [4.78, 5) is 36.2. The molecule has 0 saturated carbocycles. The Hall–Kier alpha value is -3.72. The maximum atomic E-state index is 12.8. The van der Waals surface area contributed by atoms with E-state index in [-0.39, 0.29) is 18.5 Å². The Morgan fingerprint density at radius 1 is 1.10 bits per heavy atom. The minimum absolute atomic E-state index is 0.141. The average Bonchev–Trinajstić information content (AvgIpc) is 3.05. The quantitative estimate of drug-likeness (QED) is 0.419. The van der Waals surface area contributed by atoms with Gasteiger partial charge in [0.1, 0.15) is 18.1 Å². The molecule has 162 valence electrons. The number of hydrogen-bond acceptors (Lipinski definition) is 7. The van der Waals surface area contributed by atoms with E-state index in [9.17, 15) is 9.59 Å². The van der Waals surface area contributed by atoms with Crippen LogP contribution >= 0.6 is 0 Å². The van der Waals surface area contributed by atoms with E-state index in [1.807, 2.05) is 6.92 Å². The van der Waals surface area contributed by atoms with Crippen LogP contribution < -0.4 is 10.1 Å². The second kappa shape index (κ2) is 9.86. The number of benzene rings is 1. The Bertz CT molecular complexity index is 1080. The van der Waals surface area contributed by atoms with E-state index < -0.39 is 5.97 Å². The molecule has 2 aromatic heterocycles. The molecule has 0 saturated heterocycles. The molecular weight excluding hydrogens is 400 g/mol. The van der Waals surface area contributed by atoms with Crippen molar-refractivity contribution < 1.29 is 23.8 Å². The first-order chi connectivity index (χ1) is 14.9. The van der Waals surface area contributed by atoms with Gasteiger partial charge in [-0.3, -0.25) is 4.79 Å². The van der Waals surface area contributed by atoms with Crippen molar-refractivity contribution in [2.45, 2.75) is 20.8 Å². The fourth-order valence-electron chi connectivity index (χ4n) is 3.04. The number of methoxy groups -OCH3 is 1. The number of anilines is 1. The molecule has 0 unspecified atom stereocenters. The molecule has 9 nitrogen and oxygen atoms in total. The highest BCUT2D eigenvalue weighted by molar-refractivity contribution is 6.07. The fraction of sp³-hybridized carbons (Fsp3) is 0.273. The van der Waals surface area contributed by atoms with E-state index in [0.717, 1.165) is 5.56 Å². The topological polar surface area (TPSA) is 115 Å². The first-order valence-corrected chi connectivity index (χ1v) is 9.62. The largest absolute Gasteiger partial charge is 0.460 e. The van der Waals surface area contributed by atoms with E-state index >= 15 is 0 Å². The molecule has 0 atom stereocenters. The average molecular weight is 424 g/mol. The van der Waals surface area contributed by atoms with Gasteiger partial charge in [-0.1, -0.05) is 0 Å². The van der Waals surface area contributed by atoms with Gasteiger partial charge in [-0.25, -0.2) is 14.8 Å². The monoisotopic (exact) mass is 424 g/mol. The minimum Gasteiger partial charge on any atom is -0.460 e. The van der Waals surface area contributed by atoms with E-state index in [0.29, 0.717) is 40.6 Å². The van der Waals surface area contributed by atoms with Gasteiger partial charge < -0.3 is 24.5 Å². The highest BCUT2D eigenvalue weighted by atomic mass is 16.6.